The van der Waals surface area contributed by atoms with Crippen molar-refractivity contribution < 1.29 is 22.5 Å². The summed E-state index contributed by atoms with van der Waals surface area (Å²) in [5.74, 6) is -1.98. The molecule has 1 saturated heterocycles. The van der Waals surface area contributed by atoms with Crippen LogP contribution in [0.3, 0.4) is 0 Å². The van der Waals surface area contributed by atoms with Crippen LogP contribution in [0.25, 0.3) is 11.4 Å². The standard InChI is InChI=1S/C19H13ClF3N3O2/c20-15-5-11(1-2-16(15)23)18-24-19(28-25-18)12-6-17(27)26(9-12)8-10-3-13(21)7-14(22)4-10/h1-5,7,12H,6,8-9H2. The maximum atomic E-state index is 13.3. The van der Waals surface area contributed by atoms with E-state index < -0.39 is 17.5 Å². The van der Waals surface area contributed by atoms with Crippen LogP contribution in [0, 0.1) is 17.5 Å². The summed E-state index contributed by atoms with van der Waals surface area (Å²) < 4.78 is 45.3. The zero-order valence-corrected chi connectivity index (χ0v) is 15.1. The van der Waals surface area contributed by atoms with Gasteiger partial charge in [0.25, 0.3) is 0 Å². The zero-order chi connectivity index (χ0) is 19.8. The van der Waals surface area contributed by atoms with Gasteiger partial charge in [0.2, 0.25) is 17.6 Å². The van der Waals surface area contributed by atoms with Gasteiger partial charge in [-0.2, -0.15) is 4.98 Å². The molecule has 0 N–H and O–H groups in total. The lowest BCUT2D eigenvalue weighted by molar-refractivity contribution is -0.128. The second-order valence-electron chi connectivity index (χ2n) is 6.54. The Morgan fingerprint density at radius 3 is 2.61 bits per heavy atom. The average Bonchev–Trinajstić information content (AvgIpc) is 3.24. The van der Waals surface area contributed by atoms with Gasteiger partial charge in [-0.1, -0.05) is 16.8 Å². The lowest BCUT2D eigenvalue weighted by Crippen LogP contribution is -2.24. The van der Waals surface area contributed by atoms with E-state index in [2.05, 4.69) is 10.1 Å². The Kier molecular flexibility index (Phi) is 4.80. The number of carbonyl (C=O) groups is 1. The van der Waals surface area contributed by atoms with Crippen molar-refractivity contribution in [1.82, 2.24) is 15.0 Å². The fourth-order valence-corrected chi connectivity index (χ4v) is 3.35. The minimum atomic E-state index is -0.697. The predicted octanol–water partition coefficient (Wildman–Crippen LogP) is 4.32. The van der Waals surface area contributed by atoms with E-state index in [4.69, 9.17) is 16.1 Å². The van der Waals surface area contributed by atoms with Gasteiger partial charge in [-0.3, -0.25) is 4.79 Å². The highest BCUT2D eigenvalue weighted by Crippen LogP contribution is 2.30. The predicted molar refractivity (Wildman–Crippen MR) is 93.8 cm³/mol. The number of benzene rings is 2. The van der Waals surface area contributed by atoms with Gasteiger partial charge < -0.3 is 9.42 Å². The summed E-state index contributed by atoms with van der Waals surface area (Å²) in [5.41, 5.74) is 0.844. The summed E-state index contributed by atoms with van der Waals surface area (Å²) in [6.45, 7) is 0.362. The van der Waals surface area contributed by atoms with Crippen molar-refractivity contribution in [2.45, 2.75) is 18.9 Å². The van der Waals surface area contributed by atoms with Crippen molar-refractivity contribution in [3.05, 3.63) is 70.3 Å². The van der Waals surface area contributed by atoms with E-state index >= 15 is 0 Å². The fourth-order valence-electron chi connectivity index (χ4n) is 3.17. The SMILES string of the molecule is O=C1CC(c2nc(-c3ccc(F)c(Cl)c3)no2)CN1Cc1cc(F)cc(F)c1. The van der Waals surface area contributed by atoms with Gasteiger partial charge in [0.1, 0.15) is 17.5 Å². The molecular formula is C19H13ClF3N3O2. The van der Waals surface area contributed by atoms with Crippen LogP contribution in [-0.2, 0) is 11.3 Å². The number of rotatable bonds is 4. The third kappa shape index (κ3) is 3.73. The van der Waals surface area contributed by atoms with Crippen LogP contribution in [0.5, 0.6) is 0 Å². The Morgan fingerprint density at radius 2 is 1.89 bits per heavy atom. The Balaban J connectivity index is 1.49. The summed E-state index contributed by atoms with van der Waals surface area (Å²) in [4.78, 5) is 18.0. The molecule has 28 heavy (non-hydrogen) atoms. The Labute approximate surface area is 162 Å². The molecular weight excluding hydrogens is 395 g/mol. The van der Waals surface area contributed by atoms with E-state index in [1.165, 1.54) is 35.2 Å². The normalized spacial score (nSPS) is 16.8. The van der Waals surface area contributed by atoms with Gasteiger partial charge in [0, 0.05) is 31.1 Å². The molecule has 2 heterocycles. The molecule has 0 bridgehead atoms. The average molecular weight is 408 g/mol. The summed E-state index contributed by atoms with van der Waals surface area (Å²) in [6.07, 6.45) is 0.142. The molecule has 3 aromatic rings. The molecule has 2 aromatic carbocycles. The molecule has 1 aromatic heterocycles. The molecule has 0 spiro atoms. The minimum Gasteiger partial charge on any atom is -0.339 e. The van der Waals surface area contributed by atoms with Crippen LogP contribution >= 0.6 is 11.6 Å². The quantitative estimate of drug-likeness (QED) is 0.646. The number of nitrogens with zero attached hydrogens (tertiary/aromatic N) is 3. The second kappa shape index (κ2) is 7.27. The molecule has 1 fully saturated rings. The van der Waals surface area contributed by atoms with Crippen molar-refractivity contribution in [2.24, 2.45) is 0 Å². The molecule has 0 saturated carbocycles. The molecule has 1 aliphatic heterocycles. The van der Waals surface area contributed by atoms with E-state index in [-0.39, 0.29) is 48.1 Å². The first kappa shape index (κ1) is 18.5. The lowest BCUT2D eigenvalue weighted by Gasteiger charge is -2.16. The molecule has 4 rings (SSSR count). The third-order valence-corrected chi connectivity index (χ3v) is 4.77. The van der Waals surface area contributed by atoms with Gasteiger partial charge in [0.15, 0.2) is 0 Å². The molecule has 144 valence electrons. The van der Waals surface area contributed by atoms with Crippen LogP contribution in [0.15, 0.2) is 40.9 Å². The molecule has 9 heteroatoms. The molecule has 5 nitrogen and oxygen atoms in total. The van der Waals surface area contributed by atoms with Crippen LogP contribution < -0.4 is 0 Å². The van der Waals surface area contributed by atoms with Crippen LogP contribution in [-0.4, -0.2) is 27.5 Å². The monoisotopic (exact) mass is 407 g/mol. The summed E-state index contributed by atoms with van der Waals surface area (Å²) in [5, 5.41) is 3.80. The zero-order valence-electron chi connectivity index (χ0n) is 14.3. The smallest absolute Gasteiger partial charge is 0.232 e. The van der Waals surface area contributed by atoms with Crippen molar-refractivity contribution in [2.75, 3.05) is 6.54 Å². The number of likely N-dealkylation sites (tertiary alicyclic amines) is 1. The van der Waals surface area contributed by atoms with Crippen molar-refractivity contribution >= 4 is 17.5 Å². The largest absolute Gasteiger partial charge is 0.339 e. The lowest BCUT2D eigenvalue weighted by atomic mass is 10.1. The number of aromatic nitrogens is 2. The van der Waals surface area contributed by atoms with Crippen LogP contribution in [0.2, 0.25) is 5.02 Å². The van der Waals surface area contributed by atoms with Gasteiger partial charge in [-0.15, -0.1) is 0 Å². The van der Waals surface area contributed by atoms with Gasteiger partial charge in [-0.25, -0.2) is 13.2 Å². The highest BCUT2D eigenvalue weighted by Gasteiger charge is 2.34. The van der Waals surface area contributed by atoms with Crippen LogP contribution in [0.1, 0.15) is 23.8 Å². The maximum Gasteiger partial charge on any atom is 0.232 e. The first-order valence-corrected chi connectivity index (χ1v) is 8.78. The Morgan fingerprint density at radius 1 is 1.14 bits per heavy atom. The maximum absolute atomic E-state index is 13.3. The number of carbonyl (C=O) groups excluding carboxylic acids is 1. The number of hydrogen-bond acceptors (Lipinski definition) is 4. The molecule has 1 atom stereocenters. The molecule has 1 aliphatic rings. The summed E-state index contributed by atoms with van der Waals surface area (Å²) in [7, 11) is 0. The minimum absolute atomic E-state index is 0.0617. The highest BCUT2D eigenvalue weighted by molar-refractivity contribution is 6.31. The van der Waals surface area contributed by atoms with Gasteiger partial charge in [0.05, 0.1) is 10.9 Å². The third-order valence-electron chi connectivity index (χ3n) is 4.48. The van der Waals surface area contributed by atoms with E-state index in [9.17, 15) is 18.0 Å². The fraction of sp³-hybridized carbons (Fsp3) is 0.211. The summed E-state index contributed by atoms with van der Waals surface area (Å²) >= 11 is 5.77. The Hall–Kier alpha value is -2.87. The van der Waals surface area contributed by atoms with E-state index in [0.29, 0.717) is 11.1 Å². The molecule has 1 amide bonds. The van der Waals surface area contributed by atoms with Gasteiger partial charge >= 0.3 is 0 Å². The van der Waals surface area contributed by atoms with E-state index in [0.717, 1.165) is 6.07 Å². The van der Waals surface area contributed by atoms with E-state index in [1.54, 1.807) is 0 Å². The van der Waals surface area contributed by atoms with Crippen molar-refractivity contribution in [1.29, 1.82) is 0 Å². The summed E-state index contributed by atoms with van der Waals surface area (Å²) in [6, 6.07) is 7.21. The van der Waals surface area contributed by atoms with Crippen molar-refractivity contribution in [3.63, 3.8) is 0 Å². The first-order valence-electron chi connectivity index (χ1n) is 8.41. The molecule has 1 unspecified atom stereocenters. The van der Waals surface area contributed by atoms with Crippen molar-refractivity contribution in [3.8, 4) is 11.4 Å². The Bertz CT molecular complexity index is 1040. The van der Waals surface area contributed by atoms with Gasteiger partial charge in [-0.05, 0) is 35.9 Å². The van der Waals surface area contributed by atoms with E-state index in [1.807, 2.05) is 0 Å². The van der Waals surface area contributed by atoms with Crippen LogP contribution in [0.4, 0.5) is 13.2 Å². The number of hydrogen-bond donors (Lipinski definition) is 0. The second-order valence-corrected chi connectivity index (χ2v) is 6.95. The number of halogens is 4. The molecule has 0 radical (unpaired) electrons. The topological polar surface area (TPSA) is 59.2 Å². The molecule has 0 aliphatic carbocycles. The first-order chi connectivity index (χ1) is 13.4. The number of amides is 1. The highest BCUT2D eigenvalue weighted by atomic mass is 35.5.